The molecule has 1 aromatic carbocycles. The first kappa shape index (κ1) is 17.0. The van der Waals surface area contributed by atoms with Gasteiger partial charge in [-0.15, -0.1) is 0 Å². The average Bonchev–Trinajstić information content (AvgIpc) is 3.31. The van der Waals surface area contributed by atoms with Crippen LogP contribution in [0.4, 0.5) is 0 Å². The zero-order valence-electron chi connectivity index (χ0n) is 15.6. The molecule has 4 aliphatic rings. The Balaban J connectivity index is 1.35. The lowest BCUT2D eigenvalue weighted by Crippen LogP contribution is -2.32. The summed E-state index contributed by atoms with van der Waals surface area (Å²) < 4.78 is 0. The van der Waals surface area contributed by atoms with Gasteiger partial charge < -0.3 is 0 Å². The van der Waals surface area contributed by atoms with E-state index >= 15 is 0 Å². The Hall–Kier alpha value is -3.18. The molecule has 0 saturated carbocycles. The molecule has 5 heteroatoms. The van der Waals surface area contributed by atoms with Crippen LogP contribution in [-0.2, 0) is 6.54 Å². The molecule has 1 aromatic rings. The zero-order chi connectivity index (χ0) is 18.8. The lowest BCUT2D eigenvalue weighted by Gasteiger charge is -2.20. The summed E-state index contributed by atoms with van der Waals surface area (Å²) in [7, 11) is 0. The number of hydrogen-bond acceptors (Lipinski definition) is 5. The predicted molar refractivity (Wildman–Crippen MR) is 115 cm³/mol. The third kappa shape index (κ3) is 3.62. The molecule has 5 nitrogen and oxygen atoms in total. The zero-order valence-corrected chi connectivity index (χ0v) is 15.6. The van der Waals surface area contributed by atoms with Gasteiger partial charge in [-0.25, -0.2) is 20.0 Å². The van der Waals surface area contributed by atoms with Crippen molar-refractivity contribution in [1.29, 1.82) is 0 Å². The number of aliphatic imine (C=N–C) groups is 4. The first-order valence-corrected chi connectivity index (χ1v) is 9.64. The molecule has 0 unspecified atom stereocenters. The van der Waals surface area contributed by atoms with E-state index in [-0.39, 0.29) is 0 Å². The Morgan fingerprint density at radius 3 is 1.79 bits per heavy atom. The Labute approximate surface area is 164 Å². The number of amidine groups is 2. The van der Waals surface area contributed by atoms with Gasteiger partial charge in [0.15, 0.2) is 0 Å². The summed E-state index contributed by atoms with van der Waals surface area (Å²) in [5.74, 6) is 1.73. The molecule has 0 saturated heterocycles. The summed E-state index contributed by atoms with van der Waals surface area (Å²) >= 11 is 0. The van der Waals surface area contributed by atoms with Crippen LogP contribution in [-0.4, -0.2) is 41.1 Å². The minimum atomic E-state index is 0.677. The number of rotatable bonds is 6. The van der Waals surface area contributed by atoms with E-state index in [2.05, 4.69) is 53.5 Å². The van der Waals surface area contributed by atoms with Crippen molar-refractivity contribution in [2.75, 3.05) is 13.1 Å². The van der Waals surface area contributed by atoms with Crippen molar-refractivity contribution in [1.82, 2.24) is 4.90 Å². The van der Waals surface area contributed by atoms with E-state index in [9.17, 15) is 0 Å². The van der Waals surface area contributed by atoms with Gasteiger partial charge in [0.05, 0.1) is 35.9 Å². The van der Waals surface area contributed by atoms with E-state index in [1.54, 1.807) is 0 Å². The molecule has 0 N–H and O–H groups in total. The van der Waals surface area contributed by atoms with Crippen molar-refractivity contribution < 1.29 is 0 Å². The summed E-state index contributed by atoms with van der Waals surface area (Å²) in [6.07, 6.45) is 14.1. The van der Waals surface area contributed by atoms with Crippen LogP contribution >= 0.6 is 0 Å². The SMILES string of the molecule is C1=CCC2=NC(CN(CC3=NC4=CC=CCC4=N3)Cc3ccccc3)=NC2=C1. The van der Waals surface area contributed by atoms with Crippen molar-refractivity contribution in [3.8, 4) is 0 Å². The number of benzene rings is 1. The highest BCUT2D eigenvalue weighted by Gasteiger charge is 2.22. The van der Waals surface area contributed by atoms with E-state index in [0.717, 1.165) is 53.9 Å². The summed E-state index contributed by atoms with van der Waals surface area (Å²) in [5, 5.41) is 0. The maximum atomic E-state index is 4.75. The third-order valence-corrected chi connectivity index (χ3v) is 5.00. The van der Waals surface area contributed by atoms with Crippen molar-refractivity contribution in [2.24, 2.45) is 20.0 Å². The van der Waals surface area contributed by atoms with Crippen LogP contribution in [0.15, 0.2) is 98.2 Å². The minimum Gasteiger partial charge on any atom is -0.284 e. The van der Waals surface area contributed by atoms with Gasteiger partial charge in [-0.2, -0.15) is 0 Å². The summed E-state index contributed by atoms with van der Waals surface area (Å²) in [5.41, 5.74) is 5.39. The molecule has 5 rings (SSSR count). The average molecular weight is 367 g/mol. The molecule has 0 spiro atoms. The molecule has 0 aromatic heterocycles. The van der Waals surface area contributed by atoms with Crippen LogP contribution < -0.4 is 0 Å². The monoisotopic (exact) mass is 367 g/mol. The Kier molecular flexibility index (Phi) is 4.51. The van der Waals surface area contributed by atoms with Gasteiger partial charge in [0.25, 0.3) is 0 Å². The molecule has 28 heavy (non-hydrogen) atoms. The van der Waals surface area contributed by atoms with Gasteiger partial charge in [-0.1, -0.05) is 54.6 Å². The summed E-state index contributed by atoms with van der Waals surface area (Å²) in [4.78, 5) is 21.3. The Bertz CT molecular complexity index is 968. The highest BCUT2D eigenvalue weighted by molar-refractivity contribution is 6.15. The molecule has 2 heterocycles. The van der Waals surface area contributed by atoms with Gasteiger partial charge >= 0.3 is 0 Å². The van der Waals surface area contributed by atoms with Crippen LogP contribution in [0, 0.1) is 0 Å². The molecule has 0 amide bonds. The van der Waals surface area contributed by atoms with Crippen LogP contribution in [0.25, 0.3) is 0 Å². The molecule has 0 bridgehead atoms. The lowest BCUT2D eigenvalue weighted by molar-refractivity contribution is 0.345. The molecule has 0 atom stereocenters. The van der Waals surface area contributed by atoms with Crippen molar-refractivity contribution in [3.05, 3.63) is 83.7 Å². The second-order valence-corrected chi connectivity index (χ2v) is 7.17. The fourth-order valence-corrected chi connectivity index (χ4v) is 3.68. The Morgan fingerprint density at radius 2 is 1.25 bits per heavy atom. The first-order valence-electron chi connectivity index (χ1n) is 9.64. The maximum Gasteiger partial charge on any atom is 0.143 e. The predicted octanol–water partition coefficient (Wildman–Crippen LogP) is 3.88. The number of hydrogen-bond donors (Lipinski definition) is 0. The molecule has 0 fully saturated rings. The van der Waals surface area contributed by atoms with Crippen molar-refractivity contribution in [2.45, 2.75) is 19.4 Å². The van der Waals surface area contributed by atoms with Gasteiger partial charge in [0.2, 0.25) is 0 Å². The normalized spacial score (nSPS) is 19.5. The van der Waals surface area contributed by atoms with Gasteiger partial charge in [-0.3, -0.25) is 4.90 Å². The largest absolute Gasteiger partial charge is 0.284 e. The fourth-order valence-electron chi connectivity index (χ4n) is 3.68. The van der Waals surface area contributed by atoms with E-state index in [0.29, 0.717) is 13.1 Å². The smallest absolute Gasteiger partial charge is 0.143 e. The summed E-state index contributed by atoms with van der Waals surface area (Å²) in [6, 6.07) is 10.5. The van der Waals surface area contributed by atoms with E-state index in [4.69, 9.17) is 20.0 Å². The molecular weight excluding hydrogens is 346 g/mol. The minimum absolute atomic E-state index is 0.677. The van der Waals surface area contributed by atoms with Crippen LogP contribution in [0.5, 0.6) is 0 Å². The second-order valence-electron chi connectivity index (χ2n) is 7.17. The fraction of sp³-hybridized carbons (Fsp3) is 0.217. The van der Waals surface area contributed by atoms with E-state index in [1.165, 1.54) is 5.56 Å². The maximum absolute atomic E-state index is 4.75. The van der Waals surface area contributed by atoms with Crippen LogP contribution in [0.3, 0.4) is 0 Å². The van der Waals surface area contributed by atoms with Gasteiger partial charge in [0.1, 0.15) is 11.7 Å². The van der Waals surface area contributed by atoms with Crippen molar-refractivity contribution in [3.63, 3.8) is 0 Å². The molecule has 138 valence electrons. The van der Waals surface area contributed by atoms with Gasteiger partial charge in [0, 0.05) is 19.4 Å². The van der Waals surface area contributed by atoms with Gasteiger partial charge in [-0.05, 0) is 17.7 Å². The van der Waals surface area contributed by atoms with Crippen molar-refractivity contribution >= 4 is 23.1 Å². The molecule has 2 aliphatic heterocycles. The highest BCUT2D eigenvalue weighted by atomic mass is 15.2. The molecule has 2 aliphatic carbocycles. The summed E-state index contributed by atoms with van der Waals surface area (Å²) in [6.45, 7) is 2.16. The number of fused-ring (bicyclic) bond motifs is 2. The van der Waals surface area contributed by atoms with E-state index in [1.807, 2.05) is 18.2 Å². The number of nitrogens with zero attached hydrogens (tertiary/aromatic N) is 5. The standard InChI is InChI=1S/C23H21N5/c1-2-8-17(9-3-1)14-28(15-22-24-18-10-4-5-11-19(18)25-22)16-23-26-20-12-6-7-13-21(20)27-23/h1-10,12H,11,13-16H2. The molecule has 0 radical (unpaired) electrons. The van der Waals surface area contributed by atoms with E-state index < -0.39 is 0 Å². The quantitative estimate of drug-likeness (QED) is 0.753. The Morgan fingerprint density at radius 1 is 0.679 bits per heavy atom. The van der Waals surface area contributed by atoms with Crippen LogP contribution in [0.2, 0.25) is 0 Å². The van der Waals surface area contributed by atoms with Crippen LogP contribution in [0.1, 0.15) is 18.4 Å². The third-order valence-electron chi connectivity index (χ3n) is 5.00. The second kappa shape index (κ2) is 7.44. The lowest BCUT2D eigenvalue weighted by atomic mass is 10.1. The number of allylic oxidation sites excluding steroid dienone is 8. The highest BCUT2D eigenvalue weighted by Crippen LogP contribution is 2.20. The topological polar surface area (TPSA) is 52.7 Å². The molecular formula is C23H21N5. The first-order chi connectivity index (χ1) is 13.8.